The Morgan fingerprint density at radius 3 is 2.65 bits per heavy atom. The Labute approximate surface area is 124 Å². The van der Waals surface area contributed by atoms with Crippen molar-refractivity contribution in [2.24, 2.45) is 0 Å². The first-order valence-electron chi connectivity index (χ1n) is 6.62. The first-order chi connectivity index (χ1) is 9.83. The second-order valence-corrected chi connectivity index (χ2v) is 5.24. The summed E-state index contributed by atoms with van der Waals surface area (Å²) in [6.45, 7) is 2.68. The first kappa shape index (κ1) is 14.8. The fraction of sp³-hybridized carbons (Fsp3) is 0.333. The highest BCUT2D eigenvalue weighted by Gasteiger charge is 2.10. The third-order valence-corrected chi connectivity index (χ3v) is 3.89. The minimum atomic E-state index is 0.276. The van der Waals surface area contributed by atoms with E-state index in [9.17, 15) is 0 Å². The number of rotatable bonds is 7. The Bertz CT molecular complexity index is 504. The van der Waals surface area contributed by atoms with Crippen LogP contribution in [-0.4, -0.2) is 29.4 Å². The summed E-state index contributed by atoms with van der Waals surface area (Å²) in [4.78, 5) is 8.34. The molecule has 0 saturated carbocycles. The first-order valence-corrected chi connectivity index (χ1v) is 7.61. The molecule has 0 aliphatic carbocycles. The van der Waals surface area contributed by atoms with E-state index < -0.39 is 0 Å². The molecule has 20 heavy (non-hydrogen) atoms. The SMILES string of the molecule is CCOc1ccc(C(CSc2cnccn2)NC)cc1. The number of nitrogens with one attached hydrogen (secondary N) is 1. The highest BCUT2D eigenvalue weighted by atomic mass is 32.2. The van der Waals surface area contributed by atoms with Gasteiger partial charge in [-0.25, -0.2) is 4.98 Å². The molecule has 0 fully saturated rings. The van der Waals surface area contributed by atoms with Gasteiger partial charge < -0.3 is 10.1 Å². The fourth-order valence-electron chi connectivity index (χ4n) is 1.84. The lowest BCUT2D eigenvalue weighted by atomic mass is 10.1. The average molecular weight is 289 g/mol. The Morgan fingerprint density at radius 2 is 2.05 bits per heavy atom. The van der Waals surface area contributed by atoms with Gasteiger partial charge in [-0.05, 0) is 31.7 Å². The van der Waals surface area contributed by atoms with Gasteiger partial charge in [-0.3, -0.25) is 4.98 Å². The zero-order valence-electron chi connectivity index (χ0n) is 11.7. The molecule has 1 N–H and O–H groups in total. The number of thioether (sulfide) groups is 1. The highest BCUT2D eigenvalue weighted by molar-refractivity contribution is 7.99. The molecule has 2 aromatic rings. The zero-order chi connectivity index (χ0) is 14.2. The van der Waals surface area contributed by atoms with E-state index in [4.69, 9.17) is 4.74 Å². The van der Waals surface area contributed by atoms with Crippen LogP contribution < -0.4 is 10.1 Å². The van der Waals surface area contributed by atoms with E-state index in [1.807, 2.05) is 26.1 Å². The molecule has 0 amide bonds. The summed E-state index contributed by atoms with van der Waals surface area (Å²) >= 11 is 1.70. The van der Waals surface area contributed by atoms with Crippen molar-refractivity contribution in [2.45, 2.75) is 18.0 Å². The summed E-state index contributed by atoms with van der Waals surface area (Å²) in [6, 6.07) is 8.50. The van der Waals surface area contributed by atoms with Gasteiger partial charge in [0.15, 0.2) is 0 Å². The molecule has 0 aliphatic rings. The van der Waals surface area contributed by atoms with Gasteiger partial charge in [-0.15, -0.1) is 11.8 Å². The van der Waals surface area contributed by atoms with Crippen molar-refractivity contribution in [1.29, 1.82) is 0 Å². The van der Waals surface area contributed by atoms with Crippen molar-refractivity contribution < 1.29 is 4.74 Å². The van der Waals surface area contributed by atoms with Crippen molar-refractivity contribution in [3.63, 3.8) is 0 Å². The standard InChI is InChI=1S/C15H19N3OS/c1-3-19-13-6-4-12(5-7-13)14(16-2)11-20-15-10-17-8-9-18-15/h4-10,14,16H,3,11H2,1-2H3. The predicted molar refractivity (Wildman–Crippen MR) is 82.2 cm³/mol. The molecular weight excluding hydrogens is 270 g/mol. The van der Waals surface area contributed by atoms with Gasteiger partial charge in [0.05, 0.1) is 12.8 Å². The molecule has 0 bridgehead atoms. The van der Waals surface area contributed by atoms with Gasteiger partial charge in [-0.2, -0.15) is 0 Å². The van der Waals surface area contributed by atoms with Crippen LogP contribution in [0.15, 0.2) is 47.9 Å². The van der Waals surface area contributed by atoms with E-state index in [0.717, 1.165) is 16.5 Å². The highest BCUT2D eigenvalue weighted by Crippen LogP contribution is 2.24. The van der Waals surface area contributed by atoms with Gasteiger partial charge in [0.25, 0.3) is 0 Å². The molecule has 4 nitrogen and oxygen atoms in total. The van der Waals surface area contributed by atoms with Gasteiger partial charge in [0.1, 0.15) is 10.8 Å². The van der Waals surface area contributed by atoms with Crippen molar-refractivity contribution in [3.8, 4) is 5.75 Å². The smallest absolute Gasteiger partial charge is 0.119 e. The van der Waals surface area contributed by atoms with Crippen LogP contribution in [0.25, 0.3) is 0 Å². The lowest BCUT2D eigenvalue weighted by Gasteiger charge is -2.16. The Morgan fingerprint density at radius 1 is 1.25 bits per heavy atom. The lowest BCUT2D eigenvalue weighted by molar-refractivity contribution is 0.340. The van der Waals surface area contributed by atoms with Crippen molar-refractivity contribution in [1.82, 2.24) is 15.3 Å². The normalized spacial score (nSPS) is 12.1. The molecule has 1 heterocycles. The van der Waals surface area contributed by atoms with Gasteiger partial charge >= 0.3 is 0 Å². The van der Waals surface area contributed by atoms with Crippen molar-refractivity contribution in [3.05, 3.63) is 48.4 Å². The molecule has 2 rings (SSSR count). The minimum absolute atomic E-state index is 0.276. The Balaban J connectivity index is 1.97. The largest absolute Gasteiger partial charge is 0.494 e. The number of ether oxygens (including phenoxy) is 1. The van der Waals surface area contributed by atoms with Crippen LogP contribution in [0.5, 0.6) is 5.75 Å². The van der Waals surface area contributed by atoms with Crippen LogP contribution in [0, 0.1) is 0 Å². The molecular formula is C15H19N3OS. The monoisotopic (exact) mass is 289 g/mol. The van der Waals surface area contributed by atoms with Crippen LogP contribution in [0.1, 0.15) is 18.5 Å². The van der Waals surface area contributed by atoms with E-state index in [0.29, 0.717) is 6.61 Å². The molecule has 1 aromatic carbocycles. The van der Waals surface area contributed by atoms with Crippen molar-refractivity contribution in [2.75, 3.05) is 19.4 Å². The van der Waals surface area contributed by atoms with Gasteiger partial charge in [0, 0.05) is 24.2 Å². The molecule has 1 aromatic heterocycles. The lowest BCUT2D eigenvalue weighted by Crippen LogP contribution is -2.18. The second kappa shape index (κ2) is 7.87. The molecule has 5 heteroatoms. The van der Waals surface area contributed by atoms with Crippen LogP contribution in [-0.2, 0) is 0 Å². The predicted octanol–water partition coefficient (Wildman–Crippen LogP) is 2.93. The van der Waals surface area contributed by atoms with E-state index in [-0.39, 0.29) is 6.04 Å². The number of benzene rings is 1. The number of hydrogen-bond donors (Lipinski definition) is 1. The summed E-state index contributed by atoms with van der Waals surface area (Å²) in [7, 11) is 1.97. The molecule has 1 atom stereocenters. The van der Waals surface area contributed by atoms with Crippen LogP contribution in [0.4, 0.5) is 0 Å². The van der Waals surface area contributed by atoms with E-state index in [2.05, 4.69) is 27.4 Å². The molecule has 0 saturated heterocycles. The third kappa shape index (κ3) is 4.21. The molecule has 0 aliphatic heterocycles. The number of aromatic nitrogens is 2. The summed E-state index contributed by atoms with van der Waals surface area (Å²) in [5.41, 5.74) is 1.24. The number of nitrogens with zero attached hydrogens (tertiary/aromatic N) is 2. The maximum atomic E-state index is 5.46. The third-order valence-electron chi connectivity index (χ3n) is 2.88. The van der Waals surface area contributed by atoms with Gasteiger partial charge in [-0.1, -0.05) is 12.1 Å². The quantitative estimate of drug-likeness (QED) is 0.794. The number of hydrogen-bond acceptors (Lipinski definition) is 5. The van der Waals surface area contributed by atoms with Gasteiger partial charge in [0.2, 0.25) is 0 Å². The van der Waals surface area contributed by atoms with E-state index in [1.165, 1.54) is 5.56 Å². The topological polar surface area (TPSA) is 47.0 Å². The molecule has 0 spiro atoms. The van der Waals surface area contributed by atoms with E-state index in [1.54, 1.807) is 30.4 Å². The van der Waals surface area contributed by atoms with E-state index >= 15 is 0 Å². The van der Waals surface area contributed by atoms with Crippen molar-refractivity contribution >= 4 is 11.8 Å². The Hall–Kier alpha value is -1.59. The summed E-state index contributed by atoms with van der Waals surface area (Å²) in [5.74, 6) is 1.82. The second-order valence-electron chi connectivity index (χ2n) is 4.20. The summed E-state index contributed by atoms with van der Waals surface area (Å²) in [6.07, 6.45) is 5.19. The maximum Gasteiger partial charge on any atom is 0.119 e. The molecule has 0 radical (unpaired) electrons. The average Bonchev–Trinajstić information content (AvgIpc) is 2.51. The molecule has 1 unspecified atom stereocenters. The van der Waals surface area contributed by atoms with Crippen LogP contribution in [0.2, 0.25) is 0 Å². The molecule has 106 valence electrons. The fourth-order valence-corrected chi connectivity index (χ4v) is 2.81. The summed E-state index contributed by atoms with van der Waals surface area (Å²) < 4.78 is 5.46. The minimum Gasteiger partial charge on any atom is -0.494 e. The van der Waals surface area contributed by atoms with Crippen LogP contribution >= 0.6 is 11.8 Å². The zero-order valence-corrected chi connectivity index (χ0v) is 12.6. The van der Waals surface area contributed by atoms with Crippen LogP contribution in [0.3, 0.4) is 0 Å². The maximum absolute atomic E-state index is 5.46. The summed E-state index contributed by atoms with van der Waals surface area (Å²) in [5, 5.41) is 4.27. The Kier molecular flexibility index (Phi) is 5.83.